The summed E-state index contributed by atoms with van der Waals surface area (Å²) in [5.74, 6) is 0.954. The van der Waals surface area contributed by atoms with Crippen LogP contribution in [0.5, 0.6) is 5.75 Å². The second-order valence-electron chi connectivity index (χ2n) is 4.42. The Morgan fingerprint density at radius 3 is 2.50 bits per heavy atom. The van der Waals surface area contributed by atoms with Gasteiger partial charge in [-0.1, -0.05) is 37.6 Å². The minimum atomic E-state index is 0.0892. The first-order valence-corrected chi connectivity index (χ1v) is 6.39. The molecule has 0 bridgehead atoms. The van der Waals surface area contributed by atoms with Crippen molar-refractivity contribution in [2.75, 3.05) is 6.61 Å². The Balaban J connectivity index is 2.44. The summed E-state index contributed by atoms with van der Waals surface area (Å²) in [6, 6.07) is 11.6. The number of hydrogen-bond donors (Lipinski definition) is 0. The summed E-state index contributed by atoms with van der Waals surface area (Å²) >= 11 is 0. The molecule has 0 radical (unpaired) electrons. The Bertz CT molecular complexity index is 558. The minimum Gasteiger partial charge on any atom is -0.493 e. The fraction of sp³-hybridized carbons (Fsp3) is 0.312. The smallest absolute Gasteiger partial charge is 0.160 e. The van der Waals surface area contributed by atoms with Crippen LogP contribution in [0.4, 0.5) is 0 Å². The molecule has 0 saturated heterocycles. The number of benzene rings is 2. The molecule has 0 saturated carbocycles. The van der Waals surface area contributed by atoms with Gasteiger partial charge in [-0.2, -0.15) is 0 Å². The van der Waals surface area contributed by atoms with Gasteiger partial charge < -0.3 is 4.74 Å². The normalized spacial score (nSPS) is 10.6. The summed E-state index contributed by atoms with van der Waals surface area (Å²) in [5.41, 5.74) is 0.758. The molecule has 2 heteroatoms. The molecule has 94 valence electrons. The Morgan fingerprint density at radius 2 is 1.83 bits per heavy atom. The van der Waals surface area contributed by atoms with Crippen LogP contribution in [0.3, 0.4) is 0 Å². The highest BCUT2D eigenvalue weighted by molar-refractivity contribution is 6.08. The van der Waals surface area contributed by atoms with Crippen molar-refractivity contribution in [2.45, 2.75) is 26.7 Å². The van der Waals surface area contributed by atoms with Crippen LogP contribution in [0.2, 0.25) is 0 Å². The van der Waals surface area contributed by atoms with E-state index in [1.165, 1.54) is 0 Å². The lowest BCUT2D eigenvalue weighted by atomic mass is 10.0. The number of hydrogen-bond acceptors (Lipinski definition) is 2. The van der Waals surface area contributed by atoms with E-state index in [9.17, 15) is 4.79 Å². The fourth-order valence-corrected chi connectivity index (χ4v) is 2.03. The first kappa shape index (κ1) is 12.6. The molecule has 0 aromatic heterocycles. The third kappa shape index (κ3) is 2.53. The molecule has 0 fully saturated rings. The van der Waals surface area contributed by atoms with Crippen molar-refractivity contribution in [2.24, 2.45) is 0 Å². The number of ether oxygens (including phenoxy) is 1. The standard InChI is InChI=1S/C16H18O2/c1-3-4-11-18-16-10-9-13(12(2)17)14-7-5-6-8-15(14)16/h5-10H,3-4,11H2,1-2H3. The third-order valence-electron chi connectivity index (χ3n) is 3.02. The minimum absolute atomic E-state index is 0.0892. The van der Waals surface area contributed by atoms with Crippen LogP contribution in [-0.2, 0) is 0 Å². The monoisotopic (exact) mass is 242 g/mol. The van der Waals surface area contributed by atoms with Gasteiger partial charge in [0.1, 0.15) is 5.75 Å². The Kier molecular flexibility index (Phi) is 3.98. The van der Waals surface area contributed by atoms with Gasteiger partial charge in [0.15, 0.2) is 5.78 Å². The van der Waals surface area contributed by atoms with Crippen LogP contribution in [0.25, 0.3) is 10.8 Å². The maximum absolute atomic E-state index is 11.6. The molecule has 0 atom stereocenters. The van der Waals surface area contributed by atoms with Gasteiger partial charge in [-0.25, -0.2) is 0 Å². The van der Waals surface area contributed by atoms with Gasteiger partial charge in [-0.15, -0.1) is 0 Å². The second kappa shape index (κ2) is 5.67. The number of unbranched alkanes of at least 4 members (excludes halogenated alkanes) is 1. The summed E-state index contributed by atoms with van der Waals surface area (Å²) < 4.78 is 5.78. The van der Waals surface area contributed by atoms with Crippen molar-refractivity contribution < 1.29 is 9.53 Å². The predicted octanol–water partition coefficient (Wildman–Crippen LogP) is 4.22. The molecule has 0 N–H and O–H groups in total. The van der Waals surface area contributed by atoms with Crippen molar-refractivity contribution >= 4 is 16.6 Å². The van der Waals surface area contributed by atoms with Crippen LogP contribution in [0.1, 0.15) is 37.0 Å². The van der Waals surface area contributed by atoms with E-state index < -0.39 is 0 Å². The molecule has 2 aromatic carbocycles. The highest BCUT2D eigenvalue weighted by atomic mass is 16.5. The van der Waals surface area contributed by atoms with Crippen molar-refractivity contribution in [1.29, 1.82) is 0 Å². The molecule has 0 amide bonds. The lowest BCUT2D eigenvalue weighted by Gasteiger charge is -2.11. The predicted molar refractivity (Wildman–Crippen MR) is 74.4 cm³/mol. The van der Waals surface area contributed by atoms with Crippen LogP contribution in [-0.4, -0.2) is 12.4 Å². The Hall–Kier alpha value is -1.83. The van der Waals surface area contributed by atoms with E-state index in [1.54, 1.807) is 6.92 Å². The number of ketones is 1. The first-order valence-electron chi connectivity index (χ1n) is 6.39. The average molecular weight is 242 g/mol. The SMILES string of the molecule is CCCCOc1ccc(C(C)=O)c2ccccc12. The zero-order chi connectivity index (χ0) is 13.0. The largest absolute Gasteiger partial charge is 0.493 e. The van der Waals surface area contributed by atoms with E-state index in [2.05, 4.69) is 6.92 Å². The maximum Gasteiger partial charge on any atom is 0.160 e. The Labute approximate surface area is 108 Å². The molecule has 0 aliphatic carbocycles. The number of carbonyl (C=O) groups is 1. The lowest BCUT2D eigenvalue weighted by molar-refractivity contribution is 0.101. The van der Waals surface area contributed by atoms with Gasteiger partial charge in [0, 0.05) is 10.9 Å². The molecular formula is C16H18O2. The van der Waals surface area contributed by atoms with Gasteiger partial charge in [0.25, 0.3) is 0 Å². The lowest BCUT2D eigenvalue weighted by Crippen LogP contribution is -1.99. The summed E-state index contributed by atoms with van der Waals surface area (Å²) in [6.45, 7) is 4.46. The third-order valence-corrected chi connectivity index (χ3v) is 3.02. The van der Waals surface area contributed by atoms with E-state index in [1.807, 2.05) is 36.4 Å². The van der Waals surface area contributed by atoms with E-state index >= 15 is 0 Å². The van der Waals surface area contributed by atoms with Crippen LogP contribution in [0, 0.1) is 0 Å². The highest BCUT2D eigenvalue weighted by Gasteiger charge is 2.09. The molecule has 18 heavy (non-hydrogen) atoms. The molecule has 2 aromatic rings. The summed E-state index contributed by atoms with van der Waals surface area (Å²) in [6.07, 6.45) is 2.16. The molecular weight excluding hydrogens is 224 g/mol. The molecule has 0 heterocycles. The van der Waals surface area contributed by atoms with Crippen molar-refractivity contribution in [3.63, 3.8) is 0 Å². The second-order valence-corrected chi connectivity index (χ2v) is 4.42. The summed E-state index contributed by atoms with van der Waals surface area (Å²) in [4.78, 5) is 11.6. The van der Waals surface area contributed by atoms with Crippen LogP contribution >= 0.6 is 0 Å². The topological polar surface area (TPSA) is 26.3 Å². The van der Waals surface area contributed by atoms with E-state index in [-0.39, 0.29) is 5.78 Å². The van der Waals surface area contributed by atoms with E-state index in [0.29, 0.717) is 0 Å². The zero-order valence-electron chi connectivity index (χ0n) is 10.9. The van der Waals surface area contributed by atoms with Gasteiger partial charge in [0.2, 0.25) is 0 Å². The number of fused-ring (bicyclic) bond motifs is 1. The van der Waals surface area contributed by atoms with Gasteiger partial charge in [-0.3, -0.25) is 4.79 Å². The number of rotatable bonds is 5. The maximum atomic E-state index is 11.6. The van der Waals surface area contributed by atoms with Crippen LogP contribution < -0.4 is 4.74 Å². The van der Waals surface area contributed by atoms with Gasteiger partial charge in [0.05, 0.1) is 6.61 Å². The Morgan fingerprint density at radius 1 is 1.11 bits per heavy atom. The van der Waals surface area contributed by atoms with Crippen molar-refractivity contribution in [3.05, 3.63) is 42.0 Å². The van der Waals surface area contributed by atoms with Crippen LogP contribution in [0.15, 0.2) is 36.4 Å². The summed E-state index contributed by atoms with van der Waals surface area (Å²) in [7, 11) is 0. The van der Waals surface area contributed by atoms with Gasteiger partial charge >= 0.3 is 0 Å². The van der Waals surface area contributed by atoms with Crippen molar-refractivity contribution in [1.82, 2.24) is 0 Å². The molecule has 2 rings (SSSR count). The first-order chi connectivity index (χ1) is 8.74. The highest BCUT2D eigenvalue weighted by Crippen LogP contribution is 2.28. The average Bonchev–Trinajstić information content (AvgIpc) is 2.38. The molecule has 0 aliphatic rings. The van der Waals surface area contributed by atoms with E-state index in [0.717, 1.165) is 41.5 Å². The van der Waals surface area contributed by atoms with E-state index in [4.69, 9.17) is 4.74 Å². The number of carbonyl (C=O) groups excluding carboxylic acids is 1. The summed E-state index contributed by atoms with van der Waals surface area (Å²) in [5, 5.41) is 1.99. The molecule has 0 spiro atoms. The van der Waals surface area contributed by atoms with Gasteiger partial charge in [-0.05, 0) is 30.9 Å². The molecule has 0 unspecified atom stereocenters. The zero-order valence-corrected chi connectivity index (χ0v) is 10.9. The fourth-order valence-electron chi connectivity index (χ4n) is 2.03. The number of Topliss-reactive ketones (excluding diaryl/α,β-unsaturated/α-hetero) is 1. The molecule has 0 aliphatic heterocycles. The molecule has 2 nitrogen and oxygen atoms in total. The van der Waals surface area contributed by atoms with Crippen molar-refractivity contribution in [3.8, 4) is 5.75 Å². The quantitative estimate of drug-likeness (QED) is 0.579.